The van der Waals surface area contributed by atoms with Crippen LogP contribution in [0.3, 0.4) is 0 Å². The number of halogens is 1. The van der Waals surface area contributed by atoms with E-state index in [2.05, 4.69) is 19.6 Å². The molecule has 0 radical (unpaired) electrons. The molecule has 1 saturated carbocycles. The van der Waals surface area contributed by atoms with Crippen LogP contribution in [-0.2, 0) is 0 Å². The average Bonchev–Trinajstić information content (AvgIpc) is 3.56. The van der Waals surface area contributed by atoms with Crippen molar-refractivity contribution < 1.29 is 4.74 Å². The Kier molecular flexibility index (Phi) is 6.03. The van der Waals surface area contributed by atoms with Crippen molar-refractivity contribution >= 4 is 22.6 Å². The number of aryl methyl sites for hydroxylation is 1. The van der Waals surface area contributed by atoms with E-state index in [4.69, 9.17) is 21.6 Å². The molecule has 1 aliphatic rings. The van der Waals surface area contributed by atoms with Gasteiger partial charge in [0.25, 0.3) is 5.56 Å². The van der Waals surface area contributed by atoms with Crippen molar-refractivity contribution in [3.63, 3.8) is 0 Å². The summed E-state index contributed by atoms with van der Waals surface area (Å²) in [4.78, 5) is 30.2. The third kappa shape index (κ3) is 4.25. The molecule has 5 rings (SSSR count). The maximum absolute atomic E-state index is 12.2. The van der Waals surface area contributed by atoms with Crippen LogP contribution in [0.2, 0.25) is 5.02 Å². The van der Waals surface area contributed by atoms with E-state index in [1.54, 1.807) is 19.1 Å². The van der Waals surface area contributed by atoms with Crippen LogP contribution in [0.1, 0.15) is 44.0 Å². The van der Waals surface area contributed by atoms with Crippen LogP contribution in [0.25, 0.3) is 16.7 Å². The van der Waals surface area contributed by atoms with Gasteiger partial charge in [-0.15, -0.1) is 5.10 Å². The molecule has 9 nitrogen and oxygen atoms in total. The Morgan fingerprint density at radius 1 is 1.21 bits per heavy atom. The van der Waals surface area contributed by atoms with Crippen molar-refractivity contribution in [1.82, 2.24) is 24.3 Å². The van der Waals surface area contributed by atoms with Crippen LogP contribution in [0, 0.1) is 18.3 Å². The minimum Gasteiger partial charge on any atom is -0.455 e. The van der Waals surface area contributed by atoms with Gasteiger partial charge in [0.05, 0.1) is 28.1 Å². The van der Waals surface area contributed by atoms with Crippen LogP contribution < -0.4 is 16.0 Å². The first kappa shape index (κ1) is 22.3. The van der Waals surface area contributed by atoms with Crippen molar-refractivity contribution in [3.8, 4) is 23.3 Å². The standard InChI is InChI=1S/C21H15ClN6O3.C2H6/c1-11-6-13(28-21(30)25-20(29)17(9-23)26-28)7-15(22)19(11)31-14-4-5-16-18(8-14)27(10-24-16)12-2-3-12;1-2/h4-8,10,12H,2-3H2,1H3,(H,25,29,30);1-2H3. The lowest BCUT2D eigenvalue weighted by atomic mass is 10.2. The SMILES string of the molecule is CC.Cc1cc(-n2nc(C#N)c(=O)[nH]c2=O)cc(Cl)c1Oc1ccc2ncn(C3CC3)c2c1. The molecule has 168 valence electrons. The van der Waals surface area contributed by atoms with Gasteiger partial charge in [-0.05, 0) is 49.6 Å². The molecule has 1 N–H and O–H groups in total. The van der Waals surface area contributed by atoms with E-state index in [9.17, 15) is 9.59 Å². The van der Waals surface area contributed by atoms with Crippen molar-refractivity contribution in [2.24, 2.45) is 0 Å². The van der Waals surface area contributed by atoms with Crippen LogP contribution in [0.5, 0.6) is 11.5 Å². The summed E-state index contributed by atoms with van der Waals surface area (Å²) >= 11 is 6.46. The molecule has 10 heteroatoms. The zero-order valence-corrected chi connectivity index (χ0v) is 19.1. The molecule has 2 aromatic carbocycles. The van der Waals surface area contributed by atoms with Crippen molar-refractivity contribution in [3.05, 3.63) is 73.8 Å². The number of benzene rings is 2. The molecule has 0 aliphatic heterocycles. The monoisotopic (exact) mass is 464 g/mol. The van der Waals surface area contributed by atoms with E-state index in [1.807, 2.05) is 38.4 Å². The molecular formula is C23H21ClN6O3. The molecule has 0 bridgehead atoms. The zero-order chi connectivity index (χ0) is 23.7. The van der Waals surface area contributed by atoms with E-state index in [1.165, 1.54) is 6.07 Å². The lowest BCUT2D eigenvalue weighted by Gasteiger charge is -2.13. The average molecular weight is 465 g/mol. The summed E-state index contributed by atoms with van der Waals surface area (Å²) in [7, 11) is 0. The molecule has 0 atom stereocenters. The molecule has 1 aliphatic carbocycles. The number of nitrogens with zero attached hydrogens (tertiary/aromatic N) is 5. The summed E-state index contributed by atoms with van der Waals surface area (Å²) in [5.41, 5.74) is 0.813. The van der Waals surface area contributed by atoms with Gasteiger partial charge in [0.15, 0.2) is 0 Å². The normalized spacial score (nSPS) is 12.7. The number of nitrogens with one attached hydrogen (secondary N) is 1. The van der Waals surface area contributed by atoms with E-state index in [0.717, 1.165) is 28.6 Å². The number of rotatable bonds is 4. The zero-order valence-electron chi connectivity index (χ0n) is 18.3. The molecule has 33 heavy (non-hydrogen) atoms. The Labute approximate surface area is 193 Å². The second kappa shape index (κ2) is 8.92. The molecule has 4 aromatic rings. The third-order valence-electron chi connectivity index (χ3n) is 5.10. The molecule has 0 saturated heterocycles. The number of H-pyrrole nitrogens is 1. The third-order valence-corrected chi connectivity index (χ3v) is 5.38. The van der Waals surface area contributed by atoms with Crippen LogP contribution >= 0.6 is 11.6 Å². The number of aromatic amines is 1. The van der Waals surface area contributed by atoms with Gasteiger partial charge in [0.2, 0.25) is 5.69 Å². The van der Waals surface area contributed by atoms with Gasteiger partial charge < -0.3 is 9.30 Å². The maximum atomic E-state index is 12.2. The van der Waals surface area contributed by atoms with Gasteiger partial charge in [0.1, 0.15) is 17.6 Å². The first-order valence-corrected chi connectivity index (χ1v) is 10.9. The smallest absolute Gasteiger partial charge is 0.349 e. The molecule has 1 fully saturated rings. The maximum Gasteiger partial charge on any atom is 0.349 e. The number of fused-ring (bicyclic) bond motifs is 1. The fraction of sp³-hybridized carbons (Fsp3) is 0.261. The van der Waals surface area contributed by atoms with Crippen LogP contribution in [-0.4, -0.2) is 24.3 Å². The number of ether oxygens (including phenoxy) is 1. The van der Waals surface area contributed by atoms with Gasteiger partial charge in [-0.25, -0.2) is 9.78 Å². The molecule has 2 heterocycles. The van der Waals surface area contributed by atoms with Gasteiger partial charge in [-0.2, -0.15) is 9.94 Å². The predicted octanol–water partition coefficient (Wildman–Crippen LogP) is 4.26. The summed E-state index contributed by atoms with van der Waals surface area (Å²) in [6.45, 7) is 5.78. The minimum absolute atomic E-state index is 0.254. The summed E-state index contributed by atoms with van der Waals surface area (Å²) in [5, 5.41) is 13.1. The molecule has 2 aromatic heterocycles. The second-order valence-corrected chi connectivity index (χ2v) is 7.75. The Hall–Kier alpha value is -3.90. The van der Waals surface area contributed by atoms with E-state index < -0.39 is 16.9 Å². The van der Waals surface area contributed by atoms with Crippen molar-refractivity contribution in [2.75, 3.05) is 0 Å². The Morgan fingerprint density at radius 3 is 2.64 bits per heavy atom. The van der Waals surface area contributed by atoms with Crippen molar-refractivity contribution in [2.45, 2.75) is 39.7 Å². The number of imidazole rings is 1. The topological polar surface area (TPSA) is 119 Å². The summed E-state index contributed by atoms with van der Waals surface area (Å²) in [6, 6.07) is 10.9. The molecule has 0 spiro atoms. The summed E-state index contributed by atoms with van der Waals surface area (Å²) < 4.78 is 9.14. The van der Waals surface area contributed by atoms with Gasteiger partial charge in [-0.3, -0.25) is 9.78 Å². The quantitative estimate of drug-likeness (QED) is 0.482. The highest BCUT2D eigenvalue weighted by Gasteiger charge is 2.25. The Morgan fingerprint density at radius 2 is 1.97 bits per heavy atom. The lowest BCUT2D eigenvalue weighted by Crippen LogP contribution is -2.33. The number of nitriles is 1. The van der Waals surface area contributed by atoms with Crippen LogP contribution in [0.4, 0.5) is 0 Å². The predicted molar refractivity (Wildman–Crippen MR) is 124 cm³/mol. The fourth-order valence-electron chi connectivity index (χ4n) is 3.44. The minimum atomic E-state index is -0.840. The van der Waals surface area contributed by atoms with E-state index in [-0.39, 0.29) is 5.02 Å². The van der Waals surface area contributed by atoms with Gasteiger partial charge in [0, 0.05) is 12.1 Å². The Balaban J connectivity index is 0.00000126. The first-order chi connectivity index (χ1) is 15.9. The number of hydrogen-bond acceptors (Lipinski definition) is 6. The van der Waals surface area contributed by atoms with Crippen LogP contribution in [0.15, 0.2) is 46.2 Å². The Bertz CT molecular complexity index is 1480. The lowest BCUT2D eigenvalue weighted by molar-refractivity contribution is 0.479. The highest BCUT2D eigenvalue weighted by atomic mass is 35.5. The summed E-state index contributed by atoms with van der Waals surface area (Å²) in [6.07, 6.45) is 4.15. The second-order valence-electron chi connectivity index (χ2n) is 7.34. The largest absolute Gasteiger partial charge is 0.455 e. The van der Waals surface area contributed by atoms with Gasteiger partial charge in [-0.1, -0.05) is 25.4 Å². The highest BCUT2D eigenvalue weighted by molar-refractivity contribution is 6.32. The molecule has 0 unspecified atom stereocenters. The summed E-state index contributed by atoms with van der Waals surface area (Å²) in [5.74, 6) is 1.04. The van der Waals surface area contributed by atoms with Crippen molar-refractivity contribution in [1.29, 1.82) is 5.26 Å². The number of hydrogen-bond donors (Lipinski definition) is 1. The highest BCUT2D eigenvalue weighted by Crippen LogP contribution is 2.39. The molecular weight excluding hydrogens is 444 g/mol. The fourth-order valence-corrected chi connectivity index (χ4v) is 3.74. The van der Waals surface area contributed by atoms with Gasteiger partial charge >= 0.3 is 5.69 Å². The van der Waals surface area contributed by atoms with E-state index in [0.29, 0.717) is 28.8 Å². The first-order valence-electron chi connectivity index (χ1n) is 10.5. The van der Waals surface area contributed by atoms with E-state index >= 15 is 0 Å². The number of aromatic nitrogens is 5. The molecule has 0 amide bonds.